The summed E-state index contributed by atoms with van der Waals surface area (Å²) in [4.78, 5) is 12.2. The lowest BCUT2D eigenvalue weighted by Gasteiger charge is -2.27. The van der Waals surface area contributed by atoms with Crippen LogP contribution >= 0.6 is 0 Å². The first-order valence-electron chi connectivity index (χ1n) is 5.96. The van der Waals surface area contributed by atoms with Crippen molar-refractivity contribution in [3.8, 4) is 6.07 Å². The standard InChI is InChI=1S/C13H15N3O2/c1-9(10-3-4-10)15(2)13-6-5-12(16(17)18)7-11(13)8-14/h5-7,9-10H,3-4H2,1-2H3. The zero-order valence-electron chi connectivity index (χ0n) is 10.5. The van der Waals surface area contributed by atoms with Crippen molar-refractivity contribution in [1.82, 2.24) is 0 Å². The summed E-state index contributed by atoms with van der Waals surface area (Å²) in [6.07, 6.45) is 2.45. The molecule has 94 valence electrons. The Kier molecular flexibility index (Phi) is 3.19. The van der Waals surface area contributed by atoms with Gasteiger partial charge in [0.15, 0.2) is 0 Å². The van der Waals surface area contributed by atoms with Gasteiger partial charge < -0.3 is 4.90 Å². The van der Waals surface area contributed by atoms with Crippen molar-refractivity contribution in [3.63, 3.8) is 0 Å². The molecular formula is C13H15N3O2. The van der Waals surface area contributed by atoms with E-state index < -0.39 is 4.92 Å². The van der Waals surface area contributed by atoms with Crippen LogP contribution in [-0.2, 0) is 0 Å². The van der Waals surface area contributed by atoms with Gasteiger partial charge in [0.05, 0.1) is 16.2 Å². The number of nitro benzene ring substituents is 1. The van der Waals surface area contributed by atoms with E-state index in [2.05, 4.69) is 6.92 Å². The first kappa shape index (κ1) is 12.4. The highest BCUT2D eigenvalue weighted by Crippen LogP contribution is 2.37. The Balaban J connectivity index is 2.32. The Morgan fingerprint density at radius 1 is 1.56 bits per heavy atom. The third-order valence-electron chi connectivity index (χ3n) is 3.61. The normalized spacial score (nSPS) is 15.8. The Bertz CT molecular complexity index is 517. The fraction of sp³-hybridized carbons (Fsp3) is 0.462. The predicted octanol–water partition coefficient (Wildman–Crippen LogP) is 2.70. The molecule has 5 heteroatoms. The van der Waals surface area contributed by atoms with Gasteiger partial charge >= 0.3 is 0 Å². The molecule has 0 radical (unpaired) electrons. The molecule has 0 heterocycles. The van der Waals surface area contributed by atoms with Gasteiger partial charge in [-0.2, -0.15) is 5.26 Å². The molecule has 1 aliphatic carbocycles. The Morgan fingerprint density at radius 2 is 2.22 bits per heavy atom. The van der Waals surface area contributed by atoms with Gasteiger partial charge in [-0.05, 0) is 31.7 Å². The van der Waals surface area contributed by atoms with Crippen LogP contribution in [0, 0.1) is 27.4 Å². The quantitative estimate of drug-likeness (QED) is 0.604. The minimum absolute atomic E-state index is 0.0391. The molecule has 0 spiro atoms. The number of nitro groups is 1. The van der Waals surface area contributed by atoms with Gasteiger partial charge in [0, 0.05) is 25.2 Å². The number of nitrogens with zero attached hydrogens (tertiary/aromatic N) is 3. The monoisotopic (exact) mass is 245 g/mol. The first-order chi connectivity index (χ1) is 8.54. The molecule has 0 N–H and O–H groups in total. The van der Waals surface area contributed by atoms with Crippen molar-refractivity contribution in [2.45, 2.75) is 25.8 Å². The van der Waals surface area contributed by atoms with E-state index in [0.29, 0.717) is 17.5 Å². The van der Waals surface area contributed by atoms with Crippen LogP contribution in [0.2, 0.25) is 0 Å². The van der Waals surface area contributed by atoms with Crippen LogP contribution in [0.4, 0.5) is 11.4 Å². The van der Waals surface area contributed by atoms with Crippen LogP contribution in [-0.4, -0.2) is 18.0 Å². The lowest BCUT2D eigenvalue weighted by atomic mass is 10.1. The third-order valence-corrected chi connectivity index (χ3v) is 3.61. The predicted molar refractivity (Wildman–Crippen MR) is 68.4 cm³/mol. The van der Waals surface area contributed by atoms with E-state index in [-0.39, 0.29) is 5.69 Å². The second-order valence-electron chi connectivity index (χ2n) is 4.76. The molecule has 1 unspecified atom stereocenters. The molecule has 1 aliphatic rings. The van der Waals surface area contributed by atoms with Crippen molar-refractivity contribution in [1.29, 1.82) is 5.26 Å². The molecule has 2 rings (SSSR count). The Labute approximate surface area is 106 Å². The minimum Gasteiger partial charge on any atom is -0.371 e. The fourth-order valence-electron chi connectivity index (χ4n) is 2.15. The molecule has 18 heavy (non-hydrogen) atoms. The van der Waals surface area contributed by atoms with E-state index in [9.17, 15) is 10.1 Å². The average Bonchev–Trinajstić information content (AvgIpc) is 3.20. The summed E-state index contributed by atoms with van der Waals surface area (Å²) in [5.74, 6) is 0.678. The molecule has 0 saturated heterocycles. The maximum Gasteiger partial charge on any atom is 0.270 e. The van der Waals surface area contributed by atoms with Gasteiger partial charge in [0.1, 0.15) is 6.07 Å². The van der Waals surface area contributed by atoms with Crippen LogP contribution in [0.1, 0.15) is 25.3 Å². The zero-order chi connectivity index (χ0) is 13.3. The summed E-state index contributed by atoms with van der Waals surface area (Å²) in [7, 11) is 1.94. The molecule has 1 fully saturated rings. The number of non-ortho nitro benzene ring substituents is 1. The summed E-state index contributed by atoms with van der Waals surface area (Å²) in [5, 5.41) is 19.8. The van der Waals surface area contributed by atoms with Crippen LogP contribution in [0.5, 0.6) is 0 Å². The van der Waals surface area contributed by atoms with E-state index in [0.717, 1.165) is 5.69 Å². The van der Waals surface area contributed by atoms with E-state index in [1.807, 2.05) is 18.0 Å². The first-order valence-corrected chi connectivity index (χ1v) is 5.96. The van der Waals surface area contributed by atoms with Gasteiger partial charge in [0.2, 0.25) is 0 Å². The van der Waals surface area contributed by atoms with Gasteiger partial charge in [-0.1, -0.05) is 0 Å². The minimum atomic E-state index is -0.477. The lowest BCUT2D eigenvalue weighted by molar-refractivity contribution is -0.384. The SMILES string of the molecule is CC(C1CC1)N(C)c1ccc([N+](=O)[O-])cc1C#N. The molecule has 1 saturated carbocycles. The summed E-state index contributed by atoms with van der Waals surface area (Å²) in [6.45, 7) is 2.13. The molecule has 0 aromatic heterocycles. The van der Waals surface area contributed by atoms with Crippen LogP contribution in [0.15, 0.2) is 18.2 Å². The Morgan fingerprint density at radius 3 is 2.72 bits per heavy atom. The number of anilines is 1. The van der Waals surface area contributed by atoms with Crippen molar-refractivity contribution in [2.24, 2.45) is 5.92 Å². The molecule has 0 aliphatic heterocycles. The fourth-order valence-corrected chi connectivity index (χ4v) is 2.15. The maximum atomic E-state index is 10.7. The molecule has 1 aromatic rings. The van der Waals surface area contributed by atoms with Crippen molar-refractivity contribution < 1.29 is 4.92 Å². The molecular weight excluding hydrogens is 230 g/mol. The third kappa shape index (κ3) is 2.28. The average molecular weight is 245 g/mol. The van der Waals surface area contributed by atoms with E-state index in [1.165, 1.54) is 25.0 Å². The second-order valence-corrected chi connectivity index (χ2v) is 4.76. The number of nitriles is 1. The van der Waals surface area contributed by atoms with Gasteiger partial charge in [-0.25, -0.2) is 0 Å². The van der Waals surface area contributed by atoms with Crippen LogP contribution in [0.25, 0.3) is 0 Å². The lowest BCUT2D eigenvalue weighted by Crippen LogP contribution is -2.31. The molecule has 0 amide bonds. The maximum absolute atomic E-state index is 10.7. The topological polar surface area (TPSA) is 70.2 Å². The Hall–Kier alpha value is -2.09. The second kappa shape index (κ2) is 4.65. The van der Waals surface area contributed by atoms with Crippen molar-refractivity contribution >= 4 is 11.4 Å². The molecule has 1 atom stereocenters. The largest absolute Gasteiger partial charge is 0.371 e. The van der Waals surface area contributed by atoms with E-state index >= 15 is 0 Å². The number of rotatable bonds is 4. The summed E-state index contributed by atoms with van der Waals surface area (Å²) in [6, 6.07) is 6.85. The number of hydrogen-bond acceptors (Lipinski definition) is 4. The summed E-state index contributed by atoms with van der Waals surface area (Å²) >= 11 is 0. The van der Waals surface area contributed by atoms with E-state index in [1.54, 1.807) is 6.07 Å². The highest BCUT2D eigenvalue weighted by molar-refractivity contribution is 5.63. The summed E-state index contributed by atoms with van der Waals surface area (Å²) in [5.41, 5.74) is 1.09. The highest BCUT2D eigenvalue weighted by atomic mass is 16.6. The van der Waals surface area contributed by atoms with Crippen LogP contribution in [0.3, 0.4) is 0 Å². The van der Waals surface area contributed by atoms with Crippen molar-refractivity contribution in [3.05, 3.63) is 33.9 Å². The zero-order valence-corrected chi connectivity index (χ0v) is 10.5. The number of hydrogen-bond donors (Lipinski definition) is 0. The highest BCUT2D eigenvalue weighted by Gasteiger charge is 2.31. The van der Waals surface area contributed by atoms with Crippen molar-refractivity contribution in [2.75, 3.05) is 11.9 Å². The smallest absolute Gasteiger partial charge is 0.270 e. The molecule has 0 bridgehead atoms. The van der Waals surface area contributed by atoms with E-state index in [4.69, 9.17) is 5.26 Å². The summed E-state index contributed by atoms with van der Waals surface area (Å²) < 4.78 is 0. The number of benzene rings is 1. The van der Waals surface area contributed by atoms with Gasteiger partial charge in [-0.3, -0.25) is 10.1 Å². The van der Waals surface area contributed by atoms with Gasteiger partial charge in [-0.15, -0.1) is 0 Å². The van der Waals surface area contributed by atoms with Crippen LogP contribution < -0.4 is 4.90 Å². The molecule has 1 aromatic carbocycles. The molecule has 5 nitrogen and oxygen atoms in total. The van der Waals surface area contributed by atoms with Gasteiger partial charge in [0.25, 0.3) is 5.69 Å².